The Morgan fingerprint density at radius 3 is 3.11 bits per heavy atom. The van der Waals surface area contributed by atoms with Gasteiger partial charge in [-0.15, -0.1) is 0 Å². The summed E-state index contributed by atoms with van der Waals surface area (Å²) in [6, 6.07) is 2.29. The molecule has 0 N–H and O–H groups in total. The van der Waals surface area contributed by atoms with Gasteiger partial charge in [0.25, 0.3) is 0 Å². The van der Waals surface area contributed by atoms with Gasteiger partial charge < -0.3 is 0 Å². The van der Waals surface area contributed by atoms with Crippen LogP contribution in [0.25, 0.3) is 0 Å². The van der Waals surface area contributed by atoms with E-state index in [1.165, 1.54) is 0 Å². The smallest absolute Gasteiger partial charge is 0.135 e. The summed E-state index contributed by atoms with van der Waals surface area (Å²) < 4.78 is 0. The highest BCUT2D eigenvalue weighted by atomic mass is 14.8. The first-order valence-electron chi connectivity index (χ1n) is 2.97. The van der Waals surface area contributed by atoms with Crippen molar-refractivity contribution in [3.63, 3.8) is 0 Å². The van der Waals surface area contributed by atoms with Gasteiger partial charge in [-0.2, -0.15) is 5.26 Å². The molecule has 1 aliphatic rings. The molecule has 0 saturated carbocycles. The van der Waals surface area contributed by atoms with Crippen LogP contribution in [0.5, 0.6) is 0 Å². The molecule has 0 aromatic rings. The summed E-state index contributed by atoms with van der Waals surface area (Å²) in [6.07, 6.45) is 4.71. The number of hydrogen-bond acceptors (Lipinski definition) is 2. The maximum atomic E-state index is 8.38. The van der Waals surface area contributed by atoms with Crippen molar-refractivity contribution in [1.29, 1.82) is 5.26 Å². The van der Waals surface area contributed by atoms with E-state index in [4.69, 9.17) is 5.26 Å². The largest absolute Gasteiger partial charge is 0.271 e. The predicted molar refractivity (Wildman–Crippen MR) is 36.3 cm³/mol. The van der Waals surface area contributed by atoms with Crippen molar-refractivity contribution in [2.24, 2.45) is 4.99 Å². The van der Waals surface area contributed by atoms with Gasteiger partial charge in [0.2, 0.25) is 0 Å². The fourth-order valence-corrected chi connectivity index (χ4v) is 0.776. The number of allylic oxidation sites excluding steroid dienone is 1. The van der Waals surface area contributed by atoms with Gasteiger partial charge in [0, 0.05) is 0 Å². The first-order chi connectivity index (χ1) is 4.33. The fourth-order valence-electron chi connectivity index (χ4n) is 0.776. The Morgan fingerprint density at radius 1 is 1.89 bits per heavy atom. The molecule has 2 nitrogen and oxygen atoms in total. The van der Waals surface area contributed by atoms with E-state index >= 15 is 0 Å². The van der Waals surface area contributed by atoms with Gasteiger partial charge in [0.1, 0.15) is 11.8 Å². The lowest BCUT2D eigenvalue weighted by atomic mass is 10.1. The Bertz CT molecular complexity index is 195. The van der Waals surface area contributed by atoms with Crippen LogP contribution in [0, 0.1) is 11.3 Å². The molecule has 0 saturated heterocycles. The van der Waals surface area contributed by atoms with Crippen LogP contribution in [0.2, 0.25) is 0 Å². The Labute approximate surface area is 54.5 Å². The lowest BCUT2D eigenvalue weighted by molar-refractivity contribution is 0.754. The Morgan fingerprint density at radius 2 is 2.67 bits per heavy atom. The molecule has 0 aliphatic carbocycles. The minimum atomic E-state index is 0.296. The van der Waals surface area contributed by atoms with Gasteiger partial charge in [-0.3, -0.25) is 4.99 Å². The predicted octanol–water partition coefficient (Wildman–Crippen LogP) is 1.30. The van der Waals surface area contributed by atoms with Gasteiger partial charge in [-0.25, -0.2) is 0 Å². The van der Waals surface area contributed by atoms with Gasteiger partial charge in [0.15, 0.2) is 0 Å². The molecular weight excluding hydrogens is 112 g/mol. The first-order valence-corrected chi connectivity index (χ1v) is 2.97. The molecule has 0 amide bonds. The lowest BCUT2D eigenvalue weighted by Crippen LogP contribution is -2.05. The van der Waals surface area contributed by atoms with Crippen molar-refractivity contribution in [2.75, 3.05) is 0 Å². The highest BCUT2D eigenvalue weighted by Gasteiger charge is 2.02. The van der Waals surface area contributed by atoms with Crippen molar-refractivity contribution in [3.05, 3.63) is 12.2 Å². The van der Waals surface area contributed by atoms with E-state index in [1.54, 1.807) is 6.08 Å². The second kappa shape index (κ2) is 2.45. The highest BCUT2D eigenvalue weighted by molar-refractivity contribution is 6.07. The summed E-state index contributed by atoms with van der Waals surface area (Å²) >= 11 is 0. The molecule has 0 aromatic heterocycles. The molecular formula is C7H8N2. The zero-order valence-electron chi connectivity index (χ0n) is 5.33. The highest BCUT2D eigenvalue weighted by Crippen LogP contribution is 2.04. The van der Waals surface area contributed by atoms with Crippen LogP contribution in [0.3, 0.4) is 0 Å². The average Bonchev–Trinajstić information content (AvgIpc) is 1.88. The number of hydrogen-bond donors (Lipinski definition) is 0. The van der Waals surface area contributed by atoms with Crippen LogP contribution in [-0.4, -0.2) is 11.8 Å². The molecule has 0 spiro atoms. The van der Waals surface area contributed by atoms with Crippen LogP contribution >= 0.6 is 0 Å². The summed E-state index contributed by atoms with van der Waals surface area (Å²) in [5.41, 5.74) is 0.550. The van der Waals surface area contributed by atoms with E-state index in [0.29, 0.717) is 11.8 Å². The number of aliphatic imine (C=N–C) groups is 1. The quantitative estimate of drug-likeness (QED) is 0.474. The maximum Gasteiger partial charge on any atom is 0.135 e. The molecule has 0 unspecified atom stereocenters. The minimum absolute atomic E-state index is 0.296. The molecule has 1 rings (SSSR count). The zero-order valence-corrected chi connectivity index (χ0v) is 5.33. The van der Waals surface area contributed by atoms with Gasteiger partial charge >= 0.3 is 0 Å². The first kappa shape index (κ1) is 6.03. The molecule has 9 heavy (non-hydrogen) atoms. The number of dihydropyridines is 1. The molecule has 1 atom stereocenters. The number of nitriles is 1. The summed E-state index contributed by atoms with van der Waals surface area (Å²) in [5, 5.41) is 8.38. The summed E-state index contributed by atoms with van der Waals surface area (Å²) in [4.78, 5) is 4.07. The third kappa shape index (κ3) is 1.39. The van der Waals surface area contributed by atoms with Crippen LogP contribution in [-0.2, 0) is 0 Å². The minimum Gasteiger partial charge on any atom is -0.271 e. The monoisotopic (exact) mass is 120 g/mol. The Kier molecular flexibility index (Phi) is 1.64. The number of rotatable bonds is 0. The van der Waals surface area contributed by atoms with Gasteiger partial charge in [-0.05, 0) is 19.4 Å². The van der Waals surface area contributed by atoms with Crippen molar-refractivity contribution in [3.8, 4) is 6.07 Å². The maximum absolute atomic E-state index is 8.38. The second-order valence-electron chi connectivity index (χ2n) is 2.11. The summed E-state index contributed by atoms with van der Waals surface area (Å²) in [7, 11) is 0. The normalized spacial score (nSPS) is 24.9. The lowest BCUT2D eigenvalue weighted by Gasteiger charge is -2.05. The molecule has 0 aromatic carbocycles. The molecule has 46 valence electrons. The third-order valence-corrected chi connectivity index (χ3v) is 1.23. The Balaban J connectivity index is 2.74. The summed E-state index contributed by atoms with van der Waals surface area (Å²) in [5.74, 6) is 0. The van der Waals surface area contributed by atoms with Gasteiger partial charge in [-0.1, -0.05) is 6.08 Å². The molecule has 1 heterocycles. The topological polar surface area (TPSA) is 36.1 Å². The molecule has 0 radical (unpaired) electrons. The second-order valence-corrected chi connectivity index (χ2v) is 2.11. The molecule has 0 fully saturated rings. The van der Waals surface area contributed by atoms with Crippen molar-refractivity contribution < 1.29 is 0 Å². The van der Waals surface area contributed by atoms with Crippen LogP contribution in [0.15, 0.2) is 17.1 Å². The van der Waals surface area contributed by atoms with Gasteiger partial charge in [0.05, 0.1) is 6.04 Å². The molecule has 0 bridgehead atoms. The summed E-state index contributed by atoms with van der Waals surface area (Å²) in [6.45, 7) is 2.00. The van der Waals surface area contributed by atoms with Crippen molar-refractivity contribution >= 4 is 5.71 Å². The molecule has 1 aliphatic heterocycles. The van der Waals surface area contributed by atoms with E-state index in [9.17, 15) is 0 Å². The van der Waals surface area contributed by atoms with Crippen LogP contribution in [0.1, 0.15) is 13.3 Å². The van der Waals surface area contributed by atoms with Crippen LogP contribution in [0.4, 0.5) is 0 Å². The Hall–Kier alpha value is -1.10. The van der Waals surface area contributed by atoms with Crippen LogP contribution < -0.4 is 0 Å². The van der Waals surface area contributed by atoms with E-state index in [0.717, 1.165) is 6.42 Å². The van der Waals surface area contributed by atoms with E-state index in [2.05, 4.69) is 4.99 Å². The van der Waals surface area contributed by atoms with Crippen molar-refractivity contribution in [2.45, 2.75) is 19.4 Å². The number of nitrogens with zero attached hydrogens (tertiary/aromatic N) is 2. The zero-order chi connectivity index (χ0) is 6.69. The average molecular weight is 120 g/mol. The fraction of sp³-hybridized carbons (Fsp3) is 0.429. The van der Waals surface area contributed by atoms with E-state index in [1.807, 2.05) is 19.1 Å². The van der Waals surface area contributed by atoms with E-state index in [-0.39, 0.29) is 0 Å². The molecule has 2 heteroatoms. The van der Waals surface area contributed by atoms with Crippen molar-refractivity contribution in [1.82, 2.24) is 0 Å². The third-order valence-electron chi connectivity index (χ3n) is 1.23. The standard InChI is InChI=1S/C7H8N2/c1-6-3-2-4-7(5-8)9-6/h2,4,6H,3H2,1H3/t6-/m0/s1. The SMILES string of the molecule is C[C@H]1CC=CC(C#N)=N1. The van der Waals surface area contributed by atoms with E-state index < -0.39 is 0 Å².